The van der Waals surface area contributed by atoms with Crippen molar-refractivity contribution in [2.75, 3.05) is 20.8 Å². The Balaban J connectivity index is 2.31. The molecular weight excluding hydrogens is 342 g/mol. The van der Waals surface area contributed by atoms with Crippen molar-refractivity contribution in [3.05, 3.63) is 35.9 Å². The Morgan fingerprint density at radius 3 is 2.46 bits per heavy atom. The molecule has 26 heavy (non-hydrogen) atoms. The van der Waals surface area contributed by atoms with Gasteiger partial charge in [-0.25, -0.2) is 4.79 Å². The van der Waals surface area contributed by atoms with Gasteiger partial charge in [0.2, 0.25) is 0 Å². The largest absolute Gasteiger partial charge is 0.469 e. The number of benzene rings is 1. The monoisotopic (exact) mass is 365 g/mol. The van der Waals surface area contributed by atoms with Crippen molar-refractivity contribution in [1.29, 1.82) is 0 Å². The maximum Gasteiger partial charge on any atom is 0.329 e. The topological polar surface area (TPSA) is 91.4 Å². The molecule has 1 aromatic carbocycles. The molecule has 0 aromatic heterocycles. The lowest BCUT2D eigenvalue weighted by atomic mass is 9.89. The van der Waals surface area contributed by atoms with Crippen molar-refractivity contribution in [2.45, 2.75) is 38.0 Å². The number of ether oxygens (including phenoxy) is 3. The lowest BCUT2D eigenvalue weighted by molar-refractivity contribution is -0.216. The number of nitrogens with zero attached hydrogens (tertiary/aromatic N) is 1. The molecule has 1 aliphatic heterocycles. The van der Waals surface area contributed by atoms with Crippen molar-refractivity contribution >= 4 is 17.9 Å². The van der Waals surface area contributed by atoms with Gasteiger partial charge in [-0.3, -0.25) is 14.4 Å². The molecule has 0 unspecified atom stereocenters. The first kappa shape index (κ1) is 19.9. The molecule has 2 rings (SSSR count). The Labute approximate surface area is 151 Å². The van der Waals surface area contributed by atoms with E-state index in [1.165, 1.54) is 26.2 Å². The molecule has 2 atom stereocenters. The highest BCUT2D eigenvalue weighted by Crippen LogP contribution is 2.37. The highest BCUT2D eigenvalue weighted by atomic mass is 16.7. The number of carbonyl (C=O) groups is 3. The zero-order valence-electron chi connectivity index (χ0n) is 15.1. The third-order valence-electron chi connectivity index (χ3n) is 4.19. The van der Waals surface area contributed by atoms with Gasteiger partial charge in [0.25, 0.3) is 0 Å². The Morgan fingerprint density at radius 2 is 1.88 bits per heavy atom. The Morgan fingerprint density at radius 1 is 1.19 bits per heavy atom. The quantitative estimate of drug-likeness (QED) is 0.526. The normalized spacial score (nSPS) is 22.7. The Hall–Kier alpha value is -2.45. The molecule has 1 aliphatic rings. The van der Waals surface area contributed by atoms with Crippen molar-refractivity contribution in [3.63, 3.8) is 0 Å². The molecule has 0 bridgehead atoms. The van der Waals surface area contributed by atoms with Crippen LogP contribution < -0.4 is 0 Å². The number of hydrogen-bond acceptors (Lipinski definition) is 8. The van der Waals surface area contributed by atoms with Gasteiger partial charge in [-0.05, 0) is 5.56 Å². The van der Waals surface area contributed by atoms with E-state index < -0.39 is 29.6 Å². The SMILES string of the molecule is COC(=O)C[C@]1(C(=O)OC)C[C@H](COC(C)=O)ON1Cc1ccccc1. The molecule has 0 saturated carbocycles. The summed E-state index contributed by atoms with van der Waals surface area (Å²) in [4.78, 5) is 41.5. The van der Waals surface area contributed by atoms with E-state index in [1.54, 1.807) is 0 Å². The van der Waals surface area contributed by atoms with Crippen LogP contribution in [-0.4, -0.2) is 55.4 Å². The molecule has 1 fully saturated rings. The lowest BCUT2D eigenvalue weighted by Crippen LogP contribution is -2.51. The number of hydrogen-bond donors (Lipinski definition) is 0. The fourth-order valence-corrected chi connectivity index (χ4v) is 2.95. The second kappa shape index (κ2) is 8.77. The van der Waals surface area contributed by atoms with E-state index in [2.05, 4.69) is 0 Å². The first-order valence-corrected chi connectivity index (χ1v) is 8.18. The van der Waals surface area contributed by atoms with Crippen LogP contribution in [0.3, 0.4) is 0 Å². The average molecular weight is 365 g/mol. The van der Waals surface area contributed by atoms with Crippen LogP contribution in [0.15, 0.2) is 30.3 Å². The number of hydroxylamine groups is 2. The summed E-state index contributed by atoms with van der Waals surface area (Å²) in [6.45, 7) is 1.52. The molecule has 0 radical (unpaired) electrons. The lowest BCUT2D eigenvalue weighted by Gasteiger charge is -2.32. The molecule has 0 spiro atoms. The minimum atomic E-state index is -1.36. The van der Waals surface area contributed by atoms with Crippen molar-refractivity contribution in [3.8, 4) is 0 Å². The van der Waals surface area contributed by atoms with E-state index in [0.717, 1.165) is 5.56 Å². The third kappa shape index (κ3) is 4.59. The molecule has 1 aromatic rings. The zero-order chi connectivity index (χ0) is 19.2. The summed E-state index contributed by atoms with van der Waals surface area (Å²) in [7, 11) is 2.50. The minimum Gasteiger partial charge on any atom is -0.469 e. The van der Waals surface area contributed by atoms with Crippen LogP contribution in [0.5, 0.6) is 0 Å². The summed E-state index contributed by atoms with van der Waals surface area (Å²) in [5, 5.41) is 1.43. The van der Waals surface area contributed by atoms with Gasteiger partial charge in [0.05, 0.1) is 27.2 Å². The highest BCUT2D eigenvalue weighted by Gasteiger charge is 2.55. The predicted molar refractivity (Wildman–Crippen MR) is 89.5 cm³/mol. The molecule has 1 saturated heterocycles. The summed E-state index contributed by atoms with van der Waals surface area (Å²) < 4.78 is 14.7. The van der Waals surface area contributed by atoms with E-state index in [1.807, 2.05) is 30.3 Å². The van der Waals surface area contributed by atoms with Gasteiger partial charge in [0.1, 0.15) is 12.7 Å². The first-order chi connectivity index (χ1) is 12.4. The van der Waals surface area contributed by atoms with Crippen molar-refractivity contribution < 1.29 is 33.4 Å². The maximum atomic E-state index is 12.6. The maximum absolute atomic E-state index is 12.6. The van der Waals surface area contributed by atoms with Gasteiger partial charge < -0.3 is 14.2 Å². The van der Waals surface area contributed by atoms with Crippen LogP contribution in [0.1, 0.15) is 25.3 Å². The molecule has 8 nitrogen and oxygen atoms in total. The van der Waals surface area contributed by atoms with E-state index in [9.17, 15) is 14.4 Å². The molecule has 142 valence electrons. The number of carbonyl (C=O) groups excluding carboxylic acids is 3. The molecular formula is C18H23NO7. The van der Waals surface area contributed by atoms with Gasteiger partial charge in [-0.15, -0.1) is 0 Å². The predicted octanol–water partition coefficient (Wildman–Crippen LogP) is 1.23. The fraction of sp³-hybridized carbons (Fsp3) is 0.500. The average Bonchev–Trinajstić information content (AvgIpc) is 2.98. The van der Waals surface area contributed by atoms with Crippen LogP contribution in [0.2, 0.25) is 0 Å². The van der Waals surface area contributed by atoms with Gasteiger partial charge in [0, 0.05) is 13.3 Å². The Bertz CT molecular complexity index is 648. The second-order valence-electron chi connectivity index (χ2n) is 6.03. The standard InChI is InChI=1S/C18H23NO7/c1-13(20)25-12-15-9-18(17(22)24-3,10-16(21)23-2)19(26-15)11-14-7-5-4-6-8-14/h4-8,15H,9-12H2,1-3H3/t15-,18+/m1/s1. The summed E-state index contributed by atoms with van der Waals surface area (Å²) in [6.07, 6.45) is -0.680. The van der Waals surface area contributed by atoms with Gasteiger partial charge in [-0.2, -0.15) is 5.06 Å². The van der Waals surface area contributed by atoms with Crippen molar-refractivity contribution in [1.82, 2.24) is 5.06 Å². The Kier molecular flexibility index (Phi) is 6.70. The van der Waals surface area contributed by atoms with Crippen LogP contribution in [-0.2, 0) is 40.0 Å². The van der Waals surface area contributed by atoms with E-state index in [4.69, 9.17) is 19.0 Å². The van der Waals surface area contributed by atoms with Crippen LogP contribution in [0.4, 0.5) is 0 Å². The van der Waals surface area contributed by atoms with E-state index >= 15 is 0 Å². The first-order valence-electron chi connectivity index (χ1n) is 8.18. The smallest absolute Gasteiger partial charge is 0.329 e. The molecule has 1 heterocycles. The summed E-state index contributed by atoms with van der Waals surface area (Å²) in [5.41, 5.74) is -0.471. The van der Waals surface area contributed by atoms with Crippen LogP contribution >= 0.6 is 0 Å². The number of methoxy groups -OCH3 is 2. The number of rotatable bonds is 7. The minimum absolute atomic E-state index is 0.0272. The summed E-state index contributed by atoms with van der Waals surface area (Å²) in [5.74, 6) is -1.62. The number of esters is 3. The van der Waals surface area contributed by atoms with Crippen LogP contribution in [0.25, 0.3) is 0 Å². The van der Waals surface area contributed by atoms with E-state index in [-0.39, 0.29) is 26.0 Å². The fourth-order valence-electron chi connectivity index (χ4n) is 2.95. The van der Waals surface area contributed by atoms with Gasteiger partial charge in [0.15, 0.2) is 5.54 Å². The second-order valence-corrected chi connectivity index (χ2v) is 6.03. The molecule has 8 heteroatoms. The van der Waals surface area contributed by atoms with E-state index in [0.29, 0.717) is 0 Å². The molecule has 0 N–H and O–H groups in total. The summed E-state index contributed by atoms with van der Waals surface area (Å²) in [6, 6.07) is 9.36. The van der Waals surface area contributed by atoms with Crippen molar-refractivity contribution in [2.24, 2.45) is 0 Å². The van der Waals surface area contributed by atoms with Gasteiger partial charge in [-0.1, -0.05) is 30.3 Å². The van der Waals surface area contributed by atoms with Crippen LogP contribution in [0, 0.1) is 0 Å². The zero-order valence-corrected chi connectivity index (χ0v) is 15.1. The third-order valence-corrected chi connectivity index (χ3v) is 4.19. The molecule has 0 amide bonds. The van der Waals surface area contributed by atoms with Gasteiger partial charge >= 0.3 is 17.9 Å². The highest BCUT2D eigenvalue weighted by molar-refractivity contribution is 5.87. The molecule has 0 aliphatic carbocycles. The summed E-state index contributed by atoms with van der Waals surface area (Å²) >= 11 is 0.